The van der Waals surface area contributed by atoms with E-state index in [1.54, 1.807) is 19.1 Å². The van der Waals surface area contributed by atoms with Gasteiger partial charge < -0.3 is 9.15 Å². The van der Waals surface area contributed by atoms with Gasteiger partial charge in [-0.3, -0.25) is 0 Å². The van der Waals surface area contributed by atoms with Crippen molar-refractivity contribution in [2.45, 2.75) is 26.9 Å². The van der Waals surface area contributed by atoms with Gasteiger partial charge in [0.1, 0.15) is 0 Å². The normalized spacial score (nSPS) is 12.0. The lowest BCUT2D eigenvalue weighted by Gasteiger charge is -2.09. The number of rotatable bonds is 4. The first-order valence-electron chi connectivity index (χ1n) is 7.71. The van der Waals surface area contributed by atoms with Crippen LogP contribution in [0.4, 0.5) is 0 Å². The van der Waals surface area contributed by atoms with Crippen LogP contribution in [0.3, 0.4) is 0 Å². The Kier molecular flexibility index (Phi) is 4.42. The lowest BCUT2D eigenvalue weighted by molar-refractivity contribution is 0.0280. The molecule has 0 saturated heterocycles. The highest BCUT2D eigenvalue weighted by atomic mass is 16.6. The standard InChI is InChI=1S/C19H18N2O3/c1-12-4-8-15(9-5-12)18-21-20-17(24-18)14(3)23-19(22)16-10-6-13(2)7-11-16/h4-11,14H,1-3H3/t14-/m0/s1. The molecule has 0 N–H and O–H groups in total. The van der Waals surface area contributed by atoms with E-state index >= 15 is 0 Å². The van der Waals surface area contributed by atoms with Crippen molar-refractivity contribution in [1.29, 1.82) is 0 Å². The smallest absolute Gasteiger partial charge is 0.338 e. The molecule has 3 aromatic rings. The first-order valence-corrected chi connectivity index (χ1v) is 7.71. The number of hydrogen-bond acceptors (Lipinski definition) is 5. The molecule has 24 heavy (non-hydrogen) atoms. The average molecular weight is 322 g/mol. The number of aryl methyl sites for hydroxylation is 2. The zero-order valence-electron chi connectivity index (χ0n) is 13.8. The fraction of sp³-hybridized carbons (Fsp3) is 0.211. The summed E-state index contributed by atoms with van der Waals surface area (Å²) in [5.41, 5.74) is 3.56. The van der Waals surface area contributed by atoms with Crippen molar-refractivity contribution >= 4 is 5.97 Å². The number of carbonyl (C=O) groups is 1. The summed E-state index contributed by atoms with van der Waals surface area (Å²) in [4.78, 5) is 12.1. The Labute approximate surface area is 140 Å². The minimum atomic E-state index is -0.620. The van der Waals surface area contributed by atoms with E-state index in [0.29, 0.717) is 11.5 Å². The van der Waals surface area contributed by atoms with E-state index < -0.39 is 12.1 Å². The van der Waals surface area contributed by atoms with Crippen molar-refractivity contribution in [3.63, 3.8) is 0 Å². The molecule has 1 aromatic heterocycles. The third-order valence-corrected chi connectivity index (χ3v) is 3.66. The van der Waals surface area contributed by atoms with E-state index in [0.717, 1.165) is 16.7 Å². The average Bonchev–Trinajstić information content (AvgIpc) is 3.06. The number of carbonyl (C=O) groups excluding carboxylic acids is 1. The molecule has 1 heterocycles. The molecule has 0 fully saturated rings. The van der Waals surface area contributed by atoms with Gasteiger partial charge >= 0.3 is 5.97 Å². The molecule has 1 atom stereocenters. The Morgan fingerprint density at radius 3 is 2.17 bits per heavy atom. The molecule has 5 heteroatoms. The minimum Gasteiger partial charge on any atom is -0.449 e. The number of aromatic nitrogens is 2. The summed E-state index contributed by atoms with van der Waals surface area (Å²) >= 11 is 0. The highest BCUT2D eigenvalue weighted by Gasteiger charge is 2.19. The lowest BCUT2D eigenvalue weighted by atomic mass is 10.1. The summed E-state index contributed by atoms with van der Waals surface area (Å²) in [6.07, 6.45) is -0.620. The monoisotopic (exact) mass is 322 g/mol. The van der Waals surface area contributed by atoms with Gasteiger partial charge in [0.2, 0.25) is 5.89 Å². The third kappa shape index (κ3) is 3.51. The van der Waals surface area contributed by atoms with Crippen LogP contribution in [0.15, 0.2) is 52.9 Å². The van der Waals surface area contributed by atoms with Gasteiger partial charge in [0.05, 0.1) is 5.56 Å². The zero-order chi connectivity index (χ0) is 17.1. The summed E-state index contributed by atoms with van der Waals surface area (Å²) in [6, 6.07) is 15.0. The van der Waals surface area contributed by atoms with Crippen LogP contribution >= 0.6 is 0 Å². The highest BCUT2D eigenvalue weighted by molar-refractivity contribution is 5.89. The summed E-state index contributed by atoms with van der Waals surface area (Å²) in [6.45, 7) is 5.68. The highest BCUT2D eigenvalue weighted by Crippen LogP contribution is 2.23. The van der Waals surface area contributed by atoms with Gasteiger partial charge in [0, 0.05) is 5.56 Å². The van der Waals surface area contributed by atoms with Crippen LogP contribution in [-0.4, -0.2) is 16.2 Å². The predicted molar refractivity (Wildman–Crippen MR) is 89.5 cm³/mol. The summed E-state index contributed by atoms with van der Waals surface area (Å²) in [7, 11) is 0. The molecule has 3 rings (SSSR count). The minimum absolute atomic E-state index is 0.269. The van der Waals surface area contributed by atoms with Gasteiger partial charge in [0.15, 0.2) is 6.10 Å². The van der Waals surface area contributed by atoms with E-state index in [2.05, 4.69) is 10.2 Å². The SMILES string of the molecule is Cc1ccc(C(=O)O[C@@H](C)c2nnc(-c3ccc(C)cc3)o2)cc1. The van der Waals surface area contributed by atoms with Crippen LogP contribution in [-0.2, 0) is 4.74 Å². The van der Waals surface area contributed by atoms with Crippen LogP contribution < -0.4 is 0 Å². The van der Waals surface area contributed by atoms with Crippen LogP contribution in [0, 0.1) is 13.8 Å². The van der Waals surface area contributed by atoms with Crippen molar-refractivity contribution in [2.75, 3.05) is 0 Å². The van der Waals surface area contributed by atoms with Crippen LogP contribution in [0.5, 0.6) is 0 Å². The van der Waals surface area contributed by atoms with Crippen molar-refractivity contribution in [3.8, 4) is 11.5 Å². The molecule has 0 aliphatic heterocycles. The van der Waals surface area contributed by atoms with E-state index in [1.807, 2.05) is 50.2 Å². The second-order valence-corrected chi connectivity index (χ2v) is 5.73. The van der Waals surface area contributed by atoms with Crippen LogP contribution in [0.1, 0.15) is 40.4 Å². The van der Waals surface area contributed by atoms with Gasteiger partial charge in [-0.05, 0) is 45.0 Å². The molecule has 0 aliphatic rings. The zero-order valence-corrected chi connectivity index (χ0v) is 13.8. The molecule has 0 unspecified atom stereocenters. The Hall–Kier alpha value is -2.95. The molecular weight excluding hydrogens is 304 g/mol. The van der Waals surface area contributed by atoms with Gasteiger partial charge in [-0.25, -0.2) is 4.79 Å². The first kappa shape index (κ1) is 15.9. The topological polar surface area (TPSA) is 65.2 Å². The number of ether oxygens (including phenoxy) is 1. The van der Waals surface area contributed by atoms with E-state index in [4.69, 9.17) is 9.15 Å². The Morgan fingerprint density at radius 2 is 1.54 bits per heavy atom. The second-order valence-electron chi connectivity index (χ2n) is 5.73. The molecule has 0 amide bonds. The summed E-state index contributed by atoms with van der Waals surface area (Å²) < 4.78 is 11.0. The fourth-order valence-corrected chi connectivity index (χ4v) is 2.18. The maximum atomic E-state index is 12.1. The molecule has 0 radical (unpaired) electrons. The maximum Gasteiger partial charge on any atom is 0.338 e. The number of esters is 1. The fourth-order valence-electron chi connectivity index (χ4n) is 2.18. The van der Waals surface area contributed by atoms with Crippen molar-refractivity contribution in [3.05, 3.63) is 71.1 Å². The second kappa shape index (κ2) is 6.66. The Bertz CT molecular complexity index is 836. The van der Waals surface area contributed by atoms with Gasteiger partial charge in [0.25, 0.3) is 5.89 Å². The Morgan fingerprint density at radius 1 is 0.958 bits per heavy atom. The number of hydrogen-bond donors (Lipinski definition) is 0. The molecule has 0 aliphatic carbocycles. The van der Waals surface area contributed by atoms with Crippen molar-refractivity contribution < 1.29 is 13.9 Å². The first-order chi connectivity index (χ1) is 11.5. The predicted octanol–water partition coefficient (Wildman–Crippen LogP) is 4.27. The third-order valence-electron chi connectivity index (χ3n) is 3.66. The summed E-state index contributed by atoms with van der Waals surface area (Å²) in [5, 5.41) is 8.00. The van der Waals surface area contributed by atoms with Crippen LogP contribution in [0.2, 0.25) is 0 Å². The molecule has 0 saturated carbocycles. The van der Waals surface area contributed by atoms with Crippen molar-refractivity contribution in [2.24, 2.45) is 0 Å². The van der Waals surface area contributed by atoms with E-state index in [-0.39, 0.29) is 5.89 Å². The molecule has 2 aromatic carbocycles. The number of nitrogens with zero attached hydrogens (tertiary/aromatic N) is 2. The van der Waals surface area contributed by atoms with Crippen LogP contribution in [0.25, 0.3) is 11.5 Å². The van der Waals surface area contributed by atoms with Gasteiger partial charge in [-0.2, -0.15) is 0 Å². The largest absolute Gasteiger partial charge is 0.449 e. The number of benzene rings is 2. The maximum absolute atomic E-state index is 12.1. The summed E-state index contributed by atoms with van der Waals surface area (Å²) in [5.74, 6) is 0.256. The van der Waals surface area contributed by atoms with E-state index in [1.165, 1.54) is 0 Å². The molecular formula is C19H18N2O3. The van der Waals surface area contributed by atoms with E-state index in [9.17, 15) is 4.79 Å². The Balaban J connectivity index is 1.71. The molecule has 0 bridgehead atoms. The molecule has 0 spiro atoms. The van der Waals surface area contributed by atoms with Gasteiger partial charge in [-0.1, -0.05) is 35.4 Å². The molecule has 122 valence electrons. The quantitative estimate of drug-likeness (QED) is 0.671. The molecule has 5 nitrogen and oxygen atoms in total. The van der Waals surface area contributed by atoms with Crippen molar-refractivity contribution in [1.82, 2.24) is 10.2 Å². The van der Waals surface area contributed by atoms with Gasteiger partial charge in [-0.15, -0.1) is 10.2 Å². The lowest BCUT2D eigenvalue weighted by Crippen LogP contribution is -2.09.